The maximum Gasteiger partial charge on any atom is 0.149 e. The molecular weight excluding hydrogens is 282 g/mol. The number of carbonyl (C=O) groups excluding carboxylic acids is 1. The number of likely N-dealkylation sites (tertiary alicyclic amines) is 1. The molecule has 0 spiro atoms. The summed E-state index contributed by atoms with van der Waals surface area (Å²) in [5.41, 5.74) is 0. The Kier molecular flexibility index (Phi) is 6.56. The van der Waals surface area contributed by atoms with Gasteiger partial charge < -0.3 is 0 Å². The van der Waals surface area contributed by atoms with Crippen LogP contribution in [0.1, 0.15) is 84.0 Å². The number of nitrogens with zero attached hydrogens (tertiary/aromatic N) is 1. The third-order valence-electron chi connectivity index (χ3n) is 6.85. The van der Waals surface area contributed by atoms with E-state index in [1.54, 1.807) is 0 Å². The lowest BCUT2D eigenvalue weighted by atomic mass is 9.79. The smallest absolute Gasteiger partial charge is 0.149 e. The Balaban J connectivity index is 1.41. The Morgan fingerprint density at radius 3 is 2.30 bits per heavy atom. The summed E-state index contributed by atoms with van der Waals surface area (Å²) in [6.45, 7) is 5.45. The van der Waals surface area contributed by atoms with Gasteiger partial charge in [-0.25, -0.2) is 0 Å². The van der Waals surface area contributed by atoms with Gasteiger partial charge in [-0.15, -0.1) is 0 Å². The highest BCUT2D eigenvalue weighted by Crippen LogP contribution is 2.33. The van der Waals surface area contributed by atoms with E-state index in [-0.39, 0.29) is 0 Å². The molecule has 3 fully saturated rings. The van der Waals surface area contributed by atoms with Crippen LogP contribution in [0.15, 0.2) is 0 Å². The highest BCUT2D eigenvalue weighted by atomic mass is 16.1. The van der Waals surface area contributed by atoms with Crippen molar-refractivity contribution in [3.8, 4) is 0 Å². The summed E-state index contributed by atoms with van der Waals surface area (Å²) in [5, 5.41) is 0. The monoisotopic (exact) mass is 319 g/mol. The SMILES string of the molecule is CC1CCC(C(=O)CN2CCCC(CC3CCCCC3)C2)CC1. The van der Waals surface area contributed by atoms with E-state index in [2.05, 4.69) is 11.8 Å². The van der Waals surface area contributed by atoms with Crippen LogP contribution < -0.4 is 0 Å². The predicted molar refractivity (Wildman–Crippen MR) is 96.5 cm³/mol. The maximum absolute atomic E-state index is 12.6. The lowest BCUT2D eigenvalue weighted by molar-refractivity contribution is -0.125. The van der Waals surface area contributed by atoms with Crippen LogP contribution in [0.3, 0.4) is 0 Å². The van der Waals surface area contributed by atoms with Crippen molar-refractivity contribution in [2.45, 2.75) is 84.0 Å². The summed E-state index contributed by atoms with van der Waals surface area (Å²) in [5.74, 6) is 3.63. The van der Waals surface area contributed by atoms with Crippen molar-refractivity contribution in [1.82, 2.24) is 4.90 Å². The quantitative estimate of drug-likeness (QED) is 0.705. The van der Waals surface area contributed by atoms with Crippen LogP contribution in [0.4, 0.5) is 0 Å². The predicted octanol–water partition coefficient (Wildman–Crippen LogP) is 5.06. The van der Waals surface area contributed by atoms with Crippen LogP contribution >= 0.6 is 0 Å². The van der Waals surface area contributed by atoms with Gasteiger partial charge in [0.15, 0.2) is 0 Å². The first kappa shape index (κ1) is 17.5. The molecule has 1 aliphatic heterocycles. The molecule has 1 heterocycles. The molecule has 0 amide bonds. The Labute approximate surface area is 143 Å². The van der Waals surface area contributed by atoms with Gasteiger partial charge in [-0.05, 0) is 56.4 Å². The Morgan fingerprint density at radius 2 is 1.57 bits per heavy atom. The van der Waals surface area contributed by atoms with Gasteiger partial charge in [-0.1, -0.05) is 51.9 Å². The standard InChI is InChI=1S/C21H37NO/c1-17-9-11-20(12-10-17)21(23)16-22-13-5-8-19(15-22)14-18-6-3-2-4-7-18/h17-20H,2-16H2,1H3. The molecule has 2 heteroatoms. The zero-order valence-corrected chi connectivity index (χ0v) is 15.3. The molecule has 2 aliphatic carbocycles. The van der Waals surface area contributed by atoms with E-state index in [4.69, 9.17) is 0 Å². The first-order valence-electron chi connectivity index (χ1n) is 10.5. The minimum absolute atomic E-state index is 0.380. The average Bonchev–Trinajstić information content (AvgIpc) is 2.57. The van der Waals surface area contributed by atoms with Crippen molar-refractivity contribution in [1.29, 1.82) is 0 Å². The summed E-state index contributed by atoms with van der Waals surface area (Å²) in [7, 11) is 0. The number of piperidine rings is 1. The first-order valence-corrected chi connectivity index (χ1v) is 10.5. The van der Waals surface area contributed by atoms with Gasteiger partial charge in [0.25, 0.3) is 0 Å². The molecule has 1 unspecified atom stereocenters. The van der Waals surface area contributed by atoms with Gasteiger partial charge in [0, 0.05) is 12.5 Å². The van der Waals surface area contributed by atoms with Crippen LogP contribution in [0.5, 0.6) is 0 Å². The van der Waals surface area contributed by atoms with Crippen molar-refractivity contribution in [2.24, 2.45) is 23.7 Å². The average molecular weight is 320 g/mol. The summed E-state index contributed by atoms with van der Waals surface area (Å²) in [4.78, 5) is 15.1. The fourth-order valence-corrected chi connectivity index (χ4v) is 5.31. The van der Waals surface area contributed by atoms with Crippen LogP contribution in [-0.2, 0) is 4.79 Å². The molecule has 0 aromatic rings. The van der Waals surface area contributed by atoms with Crippen LogP contribution in [0, 0.1) is 23.7 Å². The largest absolute Gasteiger partial charge is 0.298 e. The summed E-state index contributed by atoms with van der Waals surface area (Å²) in [6.07, 6.45) is 16.3. The lowest BCUT2D eigenvalue weighted by Gasteiger charge is -2.36. The third kappa shape index (κ3) is 5.31. The second-order valence-electron chi connectivity index (χ2n) is 8.91. The first-order chi connectivity index (χ1) is 11.2. The van der Waals surface area contributed by atoms with Gasteiger partial charge in [0.05, 0.1) is 6.54 Å². The molecular formula is C21H37NO. The van der Waals surface area contributed by atoms with Crippen LogP contribution in [-0.4, -0.2) is 30.3 Å². The number of carbonyl (C=O) groups is 1. The maximum atomic E-state index is 12.6. The second kappa shape index (κ2) is 8.65. The normalized spacial score (nSPS) is 34.4. The molecule has 132 valence electrons. The molecule has 0 N–H and O–H groups in total. The van der Waals surface area contributed by atoms with E-state index in [0.29, 0.717) is 11.7 Å². The topological polar surface area (TPSA) is 20.3 Å². The summed E-state index contributed by atoms with van der Waals surface area (Å²) >= 11 is 0. The number of hydrogen-bond donors (Lipinski definition) is 0. The van der Waals surface area contributed by atoms with E-state index in [9.17, 15) is 4.79 Å². The molecule has 1 atom stereocenters. The molecule has 3 rings (SSSR count). The molecule has 3 aliphatic rings. The van der Waals surface area contributed by atoms with Crippen molar-refractivity contribution < 1.29 is 4.79 Å². The van der Waals surface area contributed by atoms with Crippen molar-refractivity contribution in [3.63, 3.8) is 0 Å². The minimum atomic E-state index is 0.380. The molecule has 0 aromatic heterocycles. The fraction of sp³-hybridized carbons (Fsp3) is 0.952. The summed E-state index contributed by atoms with van der Waals surface area (Å²) < 4.78 is 0. The van der Waals surface area contributed by atoms with Crippen molar-refractivity contribution in [3.05, 3.63) is 0 Å². The molecule has 0 radical (unpaired) electrons. The van der Waals surface area contributed by atoms with E-state index in [1.807, 2.05) is 0 Å². The van der Waals surface area contributed by atoms with Crippen LogP contribution in [0.2, 0.25) is 0 Å². The molecule has 0 aromatic carbocycles. The van der Waals surface area contributed by atoms with E-state index in [1.165, 1.54) is 70.8 Å². The van der Waals surface area contributed by atoms with Gasteiger partial charge in [-0.3, -0.25) is 9.69 Å². The summed E-state index contributed by atoms with van der Waals surface area (Å²) in [6, 6.07) is 0. The Bertz CT molecular complexity index is 366. The molecule has 0 bridgehead atoms. The van der Waals surface area contributed by atoms with Gasteiger partial charge in [0.1, 0.15) is 5.78 Å². The molecule has 2 saturated carbocycles. The fourth-order valence-electron chi connectivity index (χ4n) is 5.31. The number of Topliss-reactive ketones (excluding diaryl/α,β-unsaturated/α-hetero) is 1. The van der Waals surface area contributed by atoms with E-state index in [0.717, 1.165) is 43.7 Å². The molecule has 2 nitrogen and oxygen atoms in total. The van der Waals surface area contributed by atoms with Crippen molar-refractivity contribution >= 4 is 5.78 Å². The zero-order valence-electron chi connectivity index (χ0n) is 15.3. The molecule has 23 heavy (non-hydrogen) atoms. The number of ketones is 1. The highest BCUT2D eigenvalue weighted by molar-refractivity contribution is 5.83. The van der Waals surface area contributed by atoms with Gasteiger partial charge in [0.2, 0.25) is 0 Å². The zero-order chi connectivity index (χ0) is 16.1. The van der Waals surface area contributed by atoms with E-state index < -0.39 is 0 Å². The number of rotatable bonds is 5. The Morgan fingerprint density at radius 1 is 0.870 bits per heavy atom. The minimum Gasteiger partial charge on any atom is -0.298 e. The Hall–Kier alpha value is -0.370. The van der Waals surface area contributed by atoms with Gasteiger partial charge in [-0.2, -0.15) is 0 Å². The third-order valence-corrected chi connectivity index (χ3v) is 6.85. The highest BCUT2D eigenvalue weighted by Gasteiger charge is 2.28. The number of hydrogen-bond acceptors (Lipinski definition) is 2. The van der Waals surface area contributed by atoms with Crippen LogP contribution in [0.25, 0.3) is 0 Å². The molecule has 1 saturated heterocycles. The van der Waals surface area contributed by atoms with E-state index >= 15 is 0 Å². The van der Waals surface area contributed by atoms with Crippen molar-refractivity contribution in [2.75, 3.05) is 19.6 Å². The lowest BCUT2D eigenvalue weighted by Crippen LogP contribution is -2.41. The second-order valence-corrected chi connectivity index (χ2v) is 8.91. The van der Waals surface area contributed by atoms with Gasteiger partial charge >= 0.3 is 0 Å².